The molecule has 3 aromatic rings. The van der Waals surface area contributed by atoms with Crippen molar-refractivity contribution in [3.05, 3.63) is 57.3 Å². The molecule has 0 aliphatic heterocycles. The Kier molecular flexibility index (Phi) is 5.54. The number of nitrogens with zero attached hydrogens (tertiary/aromatic N) is 3. The summed E-state index contributed by atoms with van der Waals surface area (Å²) < 4.78 is 6.60. The average molecular weight is 369 g/mol. The number of ether oxygens (including phenoxy) is 1. The van der Waals surface area contributed by atoms with Gasteiger partial charge in [0.1, 0.15) is 11.6 Å². The third kappa shape index (κ3) is 4.16. The lowest BCUT2D eigenvalue weighted by Crippen LogP contribution is -2.31. The summed E-state index contributed by atoms with van der Waals surface area (Å²) in [6.07, 6.45) is 1.57. The monoisotopic (exact) mass is 369 g/mol. The van der Waals surface area contributed by atoms with Crippen LogP contribution in [0.5, 0.6) is 5.75 Å². The fourth-order valence-electron chi connectivity index (χ4n) is 3.00. The zero-order valence-corrected chi connectivity index (χ0v) is 15.7. The van der Waals surface area contributed by atoms with Crippen LogP contribution in [-0.4, -0.2) is 39.1 Å². The molecule has 3 rings (SSSR count). The van der Waals surface area contributed by atoms with Crippen molar-refractivity contribution >= 4 is 11.7 Å². The fraction of sp³-hybridized carbons (Fsp3) is 0.368. The van der Waals surface area contributed by atoms with E-state index < -0.39 is 0 Å². The topological polar surface area (TPSA) is 101 Å². The van der Waals surface area contributed by atoms with Crippen molar-refractivity contribution in [2.24, 2.45) is 0 Å². The molecule has 2 aromatic heterocycles. The third-order valence-electron chi connectivity index (χ3n) is 4.38. The molecule has 1 amide bonds. The van der Waals surface area contributed by atoms with Gasteiger partial charge in [0.2, 0.25) is 5.91 Å². The first-order valence-corrected chi connectivity index (χ1v) is 8.83. The number of methoxy groups -OCH3 is 1. The molecule has 142 valence electrons. The van der Waals surface area contributed by atoms with Crippen LogP contribution in [-0.2, 0) is 17.6 Å². The van der Waals surface area contributed by atoms with E-state index in [1.165, 1.54) is 4.52 Å². The van der Waals surface area contributed by atoms with E-state index in [1.54, 1.807) is 21.0 Å². The second-order valence-corrected chi connectivity index (χ2v) is 6.37. The number of aromatic amines is 1. The Labute approximate surface area is 156 Å². The highest BCUT2D eigenvalue weighted by Crippen LogP contribution is 2.18. The molecule has 0 fully saturated rings. The van der Waals surface area contributed by atoms with Crippen molar-refractivity contribution in [3.8, 4) is 5.75 Å². The molecular weight excluding hydrogens is 346 g/mol. The number of fused-ring (bicyclic) bond motifs is 1. The molecule has 0 aliphatic carbocycles. The summed E-state index contributed by atoms with van der Waals surface area (Å²) in [5.41, 5.74) is 1.71. The molecule has 0 aliphatic rings. The number of H-pyrrole nitrogens is 1. The second kappa shape index (κ2) is 8.03. The highest BCUT2D eigenvalue weighted by atomic mass is 16.5. The van der Waals surface area contributed by atoms with Crippen LogP contribution in [0.4, 0.5) is 0 Å². The van der Waals surface area contributed by atoms with E-state index in [1.807, 2.05) is 24.3 Å². The molecule has 2 N–H and O–H groups in total. The van der Waals surface area contributed by atoms with Gasteiger partial charge in [-0.1, -0.05) is 18.2 Å². The molecule has 2 heterocycles. The van der Waals surface area contributed by atoms with Gasteiger partial charge >= 0.3 is 0 Å². The molecule has 8 nitrogen and oxygen atoms in total. The zero-order chi connectivity index (χ0) is 19.4. The van der Waals surface area contributed by atoms with Crippen LogP contribution in [0.2, 0.25) is 0 Å². The van der Waals surface area contributed by atoms with Crippen molar-refractivity contribution in [2.45, 2.75) is 33.1 Å². The van der Waals surface area contributed by atoms with Crippen molar-refractivity contribution in [1.29, 1.82) is 0 Å². The quantitative estimate of drug-likeness (QED) is 0.612. The standard InChI is InChI=1S/C19H23N5O3/c1-12-15(18(26)24-19(21-12)22-13(2)23-24)11-17(25)20-10-6-8-14-7-4-5-9-16(14)27-3/h4-5,7,9H,6,8,10-11H2,1-3H3,(H,20,25)(H,21,22,23). The number of hydrogen-bond acceptors (Lipinski definition) is 5. The SMILES string of the molecule is COc1ccccc1CCCNC(=O)Cc1c(C)nc2nc(C)[nH]n2c1=O. The predicted octanol–water partition coefficient (Wildman–Crippen LogP) is 1.33. The van der Waals surface area contributed by atoms with E-state index in [0.717, 1.165) is 24.2 Å². The van der Waals surface area contributed by atoms with E-state index in [9.17, 15) is 9.59 Å². The Morgan fingerprint density at radius 2 is 2.04 bits per heavy atom. The van der Waals surface area contributed by atoms with Crippen LogP contribution in [0.15, 0.2) is 29.1 Å². The number of rotatable bonds is 7. The molecular formula is C19H23N5O3. The molecule has 0 saturated heterocycles. The lowest BCUT2D eigenvalue weighted by atomic mass is 10.1. The predicted molar refractivity (Wildman–Crippen MR) is 101 cm³/mol. The van der Waals surface area contributed by atoms with E-state index in [4.69, 9.17) is 4.74 Å². The highest BCUT2D eigenvalue weighted by molar-refractivity contribution is 5.78. The first-order chi connectivity index (χ1) is 13.0. The molecule has 0 bridgehead atoms. The van der Waals surface area contributed by atoms with Gasteiger partial charge in [0.05, 0.1) is 19.2 Å². The minimum atomic E-state index is -0.290. The Balaban J connectivity index is 1.58. The minimum Gasteiger partial charge on any atom is -0.496 e. The normalized spacial score (nSPS) is 10.9. The lowest BCUT2D eigenvalue weighted by Gasteiger charge is -2.09. The summed E-state index contributed by atoms with van der Waals surface area (Å²) in [7, 11) is 1.65. The molecule has 0 radical (unpaired) electrons. The average Bonchev–Trinajstić information content (AvgIpc) is 3.03. The van der Waals surface area contributed by atoms with Gasteiger partial charge in [0, 0.05) is 12.1 Å². The van der Waals surface area contributed by atoms with Gasteiger partial charge in [0.25, 0.3) is 11.3 Å². The van der Waals surface area contributed by atoms with Crippen molar-refractivity contribution in [3.63, 3.8) is 0 Å². The van der Waals surface area contributed by atoms with E-state index >= 15 is 0 Å². The summed E-state index contributed by atoms with van der Waals surface area (Å²) in [4.78, 5) is 33.2. The van der Waals surface area contributed by atoms with Gasteiger partial charge < -0.3 is 10.1 Å². The van der Waals surface area contributed by atoms with Crippen LogP contribution in [0, 0.1) is 13.8 Å². The maximum atomic E-state index is 12.5. The van der Waals surface area contributed by atoms with Crippen LogP contribution in [0.1, 0.15) is 29.1 Å². The van der Waals surface area contributed by atoms with Crippen LogP contribution in [0.25, 0.3) is 5.78 Å². The number of aromatic nitrogens is 4. The number of carbonyl (C=O) groups is 1. The van der Waals surface area contributed by atoms with Gasteiger partial charge in [-0.3, -0.25) is 14.7 Å². The number of para-hydroxylation sites is 1. The van der Waals surface area contributed by atoms with Crippen molar-refractivity contribution < 1.29 is 9.53 Å². The number of hydrogen-bond donors (Lipinski definition) is 2. The molecule has 0 unspecified atom stereocenters. The van der Waals surface area contributed by atoms with Gasteiger partial charge in [-0.15, -0.1) is 0 Å². The summed E-state index contributed by atoms with van der Waals surface area (Å²) in [5, 5.41) is 5.70. The number of aryl methyl sites for hydroxylation is 3. The Morgan fingerprint density at radius 3 is 2.81 bits per heavy atom. The lowest BCUT2D eigenvalue weighted by molar-refractivity contribution is -0.120. The van der Waals surface area contributed by atoms with Crippen molar-refractivity contribution in [2.75, 3.05) is 13.7 Å². The summed E-state index contributed by atoms with van der Waals surface area (Å²) in [5.74, 6) is 1.56. The van der Waals surface area contributed by atoms with Gasteiger partial charge in [-0.25, -0.2) is 4.98 Å². The molecule has 8 heteroatoms. The van der Waals surface area contributed by atoms with Crippen molar-refractivity contribution in [1.82, 2.24) is 24.9 Å². The maximum absolute atomic E-state index is 12.5. The maximum Gasteiger partial charge on any atom is 0.277 e. The van der Waals surface area contributed by atoms with Gasteiger partial charge in [0.15, 0.2) is 0 Å². The summed E-state index contributed by atoms with van der Waals surface area (Å²) in [6, 6.07) is 7.83. The van der Waals surface area contributed by atoms with E-state index in [0.29, 0.717) is 29.4 Å². The first-order valence-electron chi connectivity index (χ1n) is 8.83. The molecule has 0 saturated carbocycles. The highest BCUT2D eigenvalue weighted by Gasteiger charge is 2.15. The molecule has 0 spiro atoms. The number of benzene rings is 1. The Morgan fingerprint density at radius 1 is 1.26 bits per heavy atom. The molecule has 27 heavy (non-hydrogen) atoms. The molecule has 1 aromatic carbocycles. The van der Waals surface area contributed by atoms with Crippen LogP contribution < -0.4 is 15.6 Å². The summed E-state index contributed by atoms with van der Waals surface area (Å²) in [6.45, 7) is 3.99. The van der Waals surface area contributed by atoms with Crippen LogP contribution in [0.3, 0.4) is 0 Å². The fourth-order valence-corrected chi connectivity index (χ4v) is 3.00. The largest absolute Gasteiger partial charge is 0.496 e. The summed E-state index contributed by atoms with van der Waals surface area (Å²) >= 11 is 0. The number of nitrogens with one attached hydrogen (secondary N) is 2. The van der Waals surface area contributed by atoms with E-state index in [-0.39, 0.29) is 17.9 Å². The van der Waals surface area contributed by atoms with Gasteiger partial charge in [-0.05, 0) is 38.3 Å². The second-order valence-electron chi connectivity index (χ2n) is 6.37. The number of carbonyl (C=O) groups excluding carboxylic acids is 1. The Bertz CT molecular complexity index is 1020. The zero-order valence-electron chi connectivity index (χ0n) is 15.7. The molecule has 0 atom stereocenters. The van der Waals surface area contributed by atoms with E-state index in [2.05, 4.69) is 20.4 Å². The third-order valence-corrected chi connectivity index (χ3v) is 4.38. The van der Waals surface area contributed by atoms with Crippen LogP contribution >= 0.6 is 0 Å². The van der Waals surface area contributed by atoms with Gasteiger partial charge in [-0.2, -0.15) is 9.50 Å². The smallest absolute Gasteiger partial charge is 0.277 e. The Hall–Kier alpha value is -3.16. The minimum absolute atomic E-state index is 0.00661. The first kappa shape index (κ1) is 18.6. The number of amides is 1.